The first-order chi connectivity index (χ1) is 30.4. The van der Waals surface area contributed by atoms with Gasteiger partial charge in [-0.15, -0.1) is 0 Å². The van der Waals surface area contributed by atoms with Gasteiger partial charge in [0.25, 0.3) is 0 Å². The summed E-state index contributed by atoms with van der Waals surface area (Å²) >= 11 is 0. The number of rotatable bonds is 8. The molecule has 368 valence electrons. The van der Waals surface area contributed by atoms with Gasteiger partial charge in [0.15, 0.2) is 0 Å². The lowest BCUT2D eigenvalue weighted by Crippen LogP contribution is -2.52. The average molecular weight is 927 g/mol. The molecule has 2 heterocycles. The van der Waals surface area contributed by atoms with E-state index in [0.29, 0.717) is 43.9 Å². The molecule has 8 fully saturated rings. The van der Waals surface area contributed by atoms with Gasteiger partial charge < -0.3 is 9.47 Å². The van der Waals surface area contributed by atoms with E-state index in [1.165, 1.54) is 16.8 Å². The third-order valence-corrected chi connectivity index (χ3v) is 19.5. The fourth-order valence-electron chi connectivity index (χ4n) is 15.7. The lowest BCUT2D eigenvalue weighted by atomic mass is 9.55. The highest BCUT2D eigenvalue weighted by molar-refractivity contribution is 6.06. The Kier molecular flexibility index (Phi) is 13.8. The van der Waals surface area contributed by atoms with Gasteiger partial charge in [-0.2, -0.15) is 26.3 Å². The molecule has 4 amide bonds. The van der Waals surface area contributed by atoms with Crippen LogP contribution in [0.1, 0.15) is 151 Å². The van der Waals surface area contributed by atoms with Gasteiger partial charge in [0.2, 0.25) is 23.6 Å². The lowest BCUT2D eigenvalue weighted by molar-refractivity contribution is -0.239. The molecule has 2 aliphatic heterocycles. The number of carbonyl (C=O) groups is 4. The van der Waals surface area contributed by atoms with Gasteiger partial charge in [0.05, 0.1) is 59.9 Å². The molecule has 16 atom stereocenters. The molecule has 8 aliphatic rings. The van der Waals surface area contributed by atoms with Gasteiger partial charge in [-0.3, -0.25) is 29.0 Å². The van der Waals surface area contributed by atoms with Gasteiger partial charge in [-0.25, -0.2) is 0 Å². The molecule has 14 heteroatoms. The van der Waals surface area contributed by atoms with Crippen LogP contribution in [0, 0.1) is 94.2 Å². The van der Waals surface area contributed by atoms with E-state index in [1.807, 2.05) is 6.92 Å². The summed E-state index contributed by atoms with van der Waals surface area (Å²) < 4.78 is 101. The van der Waals surface area contributed by atoms with Crippen LogP contribution >= 0.6 is 0 Å². The molecule has 6 aliphatic carbocycles. The minimum Gasteiger partial charge on any atom is -0.374 e. The average Bonchev–Trinajstić information content (AvgIpc) is 3.61. The molecule has 16 unspecified atom stereocenters. The molecule has 8 nitrogen and oxygen atoms in total. The highest BCUT2D eigenvalue weighted by Gasteiger charge is 2.59. The maximum atomic E-state index is 15.1. The monoisotopic (exact) mass is 927 g/mol. The van der Waals surface area contributed by atoms with E-state index in [0.717, 1.165) is 44.9 Å². The summed E-state index contributed by atoms with van der Waals surface area (Å²) in [6.07, 6.45) is -3.05. The first-order valence-electron chi connectivity index (χ1n) is 25.5. The molecule has 2 saturated heterocycles. The van der Waals surface area contributed by atoms with Gasteiger partial charge in [-0.05, 0) is 161 Å². The van der Waals surface area contributed by atoms with E-state index in [2.05, 4.69) is 41.5 Å². The number of ether oxygens (including phenoxy) is 2. The number of likely N-dealkylation sites (tertiary alicyclic amines) is 2. The molecule has 6 saturated carbocycles. The van der Waals surface area contributed by atoms with Crippen molar-refractivity contribution < 1.29 is 55.0 Å². The topological polar surface area (TPSA) is 93.2 Å². The lowest BCUT2D eigenvalue weighted by Gasteiger charge is -2.53. The largest absolute Gasteiger partial charge is 0.394 e. The van der Waals surface area contributed by atoms with Crippen molar-refractivity contribution in [3.8, 4) is 0 Å². The number of carbonyl (C=O) groups excluding carboxylic acids is 4. The number of hydrogen-bond donors (Lipinski definition) is 0. The quantitative estimate of drug-likeness (QED) is 0.178. The van der Waals surface area contributed by atoms with Crippen molar-refractivity contribution in [3.63, 3.8) is 0 Å². The molecular weight excluding hydrogens is 851 g/mol. The Labute approximate surface area is 382 Å². The Hall–Kier alpha value is -2.22. The molecule has 0 radical (unpaired) electrons. The second-order valence-electron chi connectivity index (χ2n) is 23.9. The second-order valence-corrected chi connectivity index (χ2v) is 23.9. The highest BCUT2D eigenvalue weighted by atomic mass is 19.4. The van der Waals surface area contributed by atoms with Crippen LogP contribution in [-0.4, -0.2) is 83.3 Å². The van der Waals surface area contributed by atoms with E-state index in [-0.39, 0.29) is 120 Å². The normalized spacial score (nSPS) is 45.8. The van der Waals surface area contributed by atoms with Crippen LogP contribution < -0.4 is 0 Å². The zero-order valence-corrected chi connectivity index (χ0v) is 40.0. The maximum Gasteiger partial charge on any atom is 0.394 e. The minimum atomic E-state index is -4.58. The Balaban J connectivity index is 0.865. The molecule has 0 aromatic carbocycles. The predicted molar refractivity (Wildman–Crippen MR) is 231 cm³/mol. The summed E-state index contributed by atoms with van der Waals surface area (Å²) in [6.45, 7) is 14.9. The first-order valence-corrected chi connectivity index (χ1v) is 25.5. The summed E-state index contributed by atoms with van der Waals surface area (Å²) in [6, 6.07) is -0.840. The van der Waals surface area contributed by atoms with Crippen molar-refractivity contribution in [3.05, 3.63) is 0 Å². The standard InChI is InChI=1S/C51H76F6N2O6/c1-25-9-15-41(39(17-25)50(52,53)54)64-43-26(2)18-32(19-27(43)3)49(6,7)33-20-28(4)44(29(5)21-33)65-42-16-12-34(24-40(42)51(55,56)57)59-47(62)36-14-11-31(23-38(36)48(59)63)30-10-13-35-37(22-30)46(61)58(8)45(35)60/h25-44H,9-24H2,1-8H3. The van der Waals surface area contributed by atoms with Crippen LogP contribution in [0.15, 0.2) is 0 Å². The van der Waals surface area contributed by atoms with Gasteiger partial charge in [-0.1, -0.05) is 48.5 Å². The molecule has 0 bridgehead atoms. The molecule has 0 spiro atoms. The van der Waals surface area contributed by atoms with Crippen LogP contribution in [0.5, 0.6) is 0 Å². The number of nitrogens with zero attached hydrogens (tertiary/aromatic N) is 2. The van der Waals surface area contributed by atoms with Gasteiger partial charge >= 0.3 is 12.4 Å². The van der Waals surface area contributed by atoms with E-state index in [1.54, 1.807) is 0 Å². The third kappa shape index (κ3) is 9.34. The van der Waals surface area contributed by atoms with Gasteiger partial charge in [0, 0.05) is 13.1 Å². The number of alkyl halides is 6. The molecule has 65 heavy (non-hydrogen) atoms. The Morgan fingerprint density at radius 3 is 1.35 bits per heavy atom. The van der Waals surface area contributed by atoms with Crippen molar-refractivity contribution in [1.82, 2.24) is 9.80 Å². The fraction of sp³-hybridized carbons (Fsp3) is 0.922. The number of fused-ring (bicyclic) bond motifs is 2. The van der Waals surface area contributed by atoms with Crippen molar-refractivity contribution in [1.29, 1.82) is 0 Å². The van der Waals surface area contributed by atoms with E-state index < -0.39 is 54.3 Å². The minimum absolute atomic E-state index is 0.00167. The summed E-state index contributed by atoms with van der Waals surface area (Å²) in [5.41, 5.74) is -0.111. The third-order valence-electron chi connectivity index (χ3n) is 19.5. The van der Waals surface area contributed by atoms with E-state index in [9.17, 15) is 32.3 Å². The molecule has 0 aromatic rings. The number of amides is 4. The van der Waals surface area contributed by atoms with Crippen molar-refractivity contribution >= 4 is 23.6 Å². The zero-order valence-electron chi connectivity index (χ0n) is 40.0. The summed E-state index contributed by atoms with van der Waals surface area (Å²) in [7, 11) is 1.53. The highest BCUT2D eigenvalue weighted by Crippen LogP contribution is 2.56. The number of hydrogen-bond acceptors (Lipinski definition) is 6. The van der Waals surface area contributed by atoms with Crippen LogP contribution in [0.2, 0.25) is 0 Å². The van der Waals surface area contributed by atoms with Crippen molar-refractivity contribution in [2.75, 3.05) is 7.05 Å². The van der Waals surface area contributed by atoms with Crippen LogP contribution in [-0.2, 0) is 28.7 Å². The van der Waals surface area contributed by atoms with E-state index >= 15 is 13.2 Å². The smallest absolute Gasteiger partial charge is 0.374 e. The van der Waals surface area contributed by atoms with Gasteiger partial charge in [0.1, 0.15) is 0 Å². The fourth-order valence-corrected chi connectivity index (χ4v) is 15.7. The van der Waals surface area contributed by atoms with E-state index in [4.69, 9.17) is 9.47 Å². The van der Waals surface area contributed by atoms with Crippen LogP contribution in [0.4, 0.5) is 26.3 Å². The van der Waals surface area contributed by atoms with Crippen molar-refractivity contribution in [2.24, 2.45) is 94.2 Å². The molecule has 8 rings (SSSR count). The summed E-state index contributed by atoms with van der Waals surface area (Å²) in [5, 5.41) is 0. The maximum absolute atomic E-state index is 15.1. The Morgan fingerprint density at radius 1 is 0.477 bits per heavy atom. The number of imide groups is 2. The molecule has 0 N–H and O–H groups in total. The van der Waals surface area contributed by atoms with Crippen molar-refractivity contribution in [2.45, 2.75) is 194 Å². The Morgan fingerprint density at radius 2 is 0.877 bits per heavy atom. The summed E-state index contributed by atoms with van der Waals surface area (Å²) in [4.78, 5) is 55.9. The molecule has 0 aromatic heterocycles. The summed E-state index contributed by atoms with van der Waals surface area (Å²) in [5.74, 6) is -4.79. The first kappa shape index (κ1) is 49.2. The predicted octanol–water partition coefficient (Wildman–Crippen LogP) is 11.0. The number of halogens is 6. The molecular formula is C51H76F6N2O6. The Bertz CT molecular complexity index is 1760. The zero-order chi connectivity index (χ0) is 47.2. The second kappa shape index (κ2) is 18.3. The van der Waals surface area contributed by atoms with Crippen LogP contribution in [0.25, 0.3) is 0 Å². The SMILES string of the molecule is CC1CCC(OC2C(C)CC(C(C)(C)C3CC(C)C(OC4CCC(N5C(=O)C6CCC(C7CCC8C(=O)N(C)C(=O)C8C7)CC6C5=O)CC4C(F)(F)F)C(C)C3)CC2C)C(C(F)(F)F)C1. The van der Waals surface area contributed by atoms with Crippen LogP contribution in [0.3, 0.4) is 0 Å².